The van der Waals surface area contributed by atoms with Crippen LogP contribution in [0.25, 0.3) is 0 Å². The summed E-state index contributed by atoms with van der Waals surface area (Å²) < 4.78 is 37.1. The van der Waals surface area contributed by atoms with Crippen molar-refractivity contribution in [3.8, 4) is 5.75 Å². The molecule has 266 valence electrons. The highest BCUT2D eigenvalue weighted by molar-refractivity contribution is 7.14. The summed E-state index contributed by atoms with van der Waals surface area (Å²) in [6.45, 7) is 8.43. The van der Waals surface area contributed by atoms with Gasteiger partial charge in [0.25, 0.3) is 0 Å². The van der Waals surface area contributed by atoms with Crippen LogP contribution in [0.5, 0.6) is 5.75 Å². The summed E-state index contributed by atoms with van der Waals surface area (Å²) in [6.07, 6.45) is -2.77. The number of carboxylic acid groups (broad SMARTS) is 3. The number of carboxylic acids is 3. The second kappa shape index (κ2) is 19.3. The number of thiophene rings is 1. The molecule has 0 aliphatic heterocycles. The highest BCUT2D eigenvalue weighted by atomic mass is 32.1. The van der Waals surface area contributed by atoms with Gasteiger partial charge in [-0.3, -0.25) is 19.8 Å². The van der Waals surface area contributed by atoms with Crippen molar-refractivity contribution >= 4 is 52.9 Å². The molecule has 1 heterocycles. The van der Waals surface area contributed by atoms with Gasteiger partial charge in [0.1, 0.15) is 29.0 Å². The van der Waals surface area contributed by atoms with Crippen LogP contribution in [0.15, 0.2) is 55.6 Å². The number of esters is 1. The van der Waals surface area contributed by atoms with Crippen molar-refractivity contribution in [2.24, 2.45) is 5.73 Å². The Labute approximate surface area is 282 Å². The number of amides is 2. The van der Waals surface area contributed by atoms with Gasteiger partial charge in [0.2, 0.25) is 11.8 Å². The fourth-order valence-corrected chi connectivity index (χ4v) is 5.04. The van der Waals surface area contributed by atoms with E-state index in [2.05, 4.69) is 13.2 Å². The number of nitrogen functional groups attached to an aromatic ring is 1. The van der Waals surface area contributed by atoms with E-state index in [1.807, 2.05) is 0 Å². The van der Waals surface area contributed by atoms with Gasteiger partial charge in [-0.05, 0) is 55.7 Å². The Balaban J connectivity index is 0.00000154. The van der Waals surface area contributed by atoms with Crippen LogP contribution in [0, 0.1) is 12.3 Å². The number of benzene rings is 1. The van der Waals surface area contributed by atoms with Crippen molar-refractivity contribution in [2.45, 2.75) is 44.8 Å². The summed E-state index contributed by atoms with van der Waals surface area (Å²) in [5.41, 5.74) is 6.72. The van der Waals surface area contributed by atoms with Crippen LogP contribution in [-0.2, 0) is 30.4 Å². The number of amidine groups is 1. The van der Waals surface area contributed by atoms with Gasteiger partial charge in [0.15, 0.2) is 0 Å². The van der Waals surface area contributed by atoms with Gasteiger partial charge in [-0.25, -0.2) is 14.4 Å². The number of nitrogens with zero attached hydrogens (tertiary/aromatic N) is 2. The number of nitrogens with one attached hydrogen (secondary N) is 1. The normalized spacial score (nSPS) is 11.2. The Kier molecular flexibility index (Phi) is 16.4. The van der Waals surface area contributed by atoms with Gasteiger partial charge >= 0.3 is 30.1 Å². The van der Waals surface area contributed by atoms with Gasteiger partial charge in [0.05, 0.1) is 0 Å². The van der Waals surface area contributed by atoms with E-state index in [9.17, 15) is 42.3 Å². The van der Waals surface area contributed by atoms with E-state index < -0.39 is 55.0 Å². The number of hydrogen-bond donors (Lipinski definition) is 5. The van der Waals surface area contributed by atoms with Gasteiger partial charge in [-0.15, -0.1) is 24.5 Å². The molecule has 0 aliphatic carbocycles. The number of nitrogens with two attached hydrogens (primary N) is 1. The molecule has 2 rings (SSSR count). The lowest BCUT2D eigenvalue weighted by Crippen LogP contribution is -2.50. The Morgan fingerprint density at radius 3 is 2.04 bits per heavy atom. The number of ether oxygens (including phenoxy) is 1. The quantitative estimate of drug-likeness (QED) is 0.0524. The van der Waals surface area contributed by atoms with Crippen LogP contribution in [0.3, 0.4) is 0 Å². The number of carbonyl (C=O) groups excluding carboxylic acids is 3. The van der Waals surface area contributed by atoms with Crippen LogP contribution in [0.2, 0.25) is 0 Å². The minimum atomic E-state index is -5.08. The highest BCUT2D eigenvalue weighted by Gasteiger charge is 2.38. The summed E-state index contributed by atoms with van der Waals surface area (Å²) in [7, 11) is 0. The van der Waals surface area contributed by atoms with E-state index >= 15 is 0 Å². The molecule has 1 aromatic heterocycles. The van der Waals surface area contributed by atoms with E-state index in [0.29, 0.717) is 10.4 Å². The molecule has 0 radical (unpaired) electrons. The molecule has 0 fully saturated rings. The Bertz CT molecular complexity index is 1560. The number of rotatable bonds is 17. The third kappa shape index (κ3) is 14.0. The van der Waals surface area contributed by atoms with E-state index in [4.69, 9.17) is 30.9 Å². The molecule has 49 heavy (non-hydrogen) atoms. The standard InChI is InChI=1S/C29H34N4O8S.C2HF3O2/c1-4-14-32(17-25(35)33(15-5-2)21(28(38)39)10-13-26(36)37)24(34)12-11-22-18(3)16-23(42-22)29(40)41-20-8-6-19(7-9-20)27(30)31;3-2(4,5)1(6)7/h4-9,16,21H,1-2,10-15,17H2,3H3,(H3,30,31)(H,36,37)(H,38,39);(H,6,7)/t21-;/m0./s1. The molecule has 1 aromatic carbocycles. The molecular formula is C31H35F3N4O10S. The molecule has 2 aromatic rings. The Morgan fingerprint density at radius 2 is 1.57 bits per heavy atom. The fourth-order valence-electron chi connectivity index (χ4n) is 3.99. The minimum absolute atomic E-state index is 0.00625. The average Bonchev–Trinajstić information content (AvgIpc) is 3.39. The van der Waals surface area contributed by atoms with Crippen molar-refractivity contribution in [1.29, 1.82) is 5.41 Å². The van der Waals surface area contributed by atoms with Crippen molar-refractivity contribution in [2.75, 3.05) is 19.6 Å². The molecule has 0 saturated heterocycles. The van der Waals surface area contributed by atoms with Crippen LogP contribution in [0.4, 0.5) is 13.2 Å². The smallest absolute Gasteiger partial charge is 0.481 e. The number of aryl methyl sites for hydroxylation is 2. The molecule has 1 atom stereocenters. The molecule has 0 unspecified atom stereocenters. The monoisotopic (exact) mass is 712 g/mol. The first-order valence-corrected chi connectivity index (χ1v) is 14.9. The predicted molar refractivity (Wildman–Crippen MR) is 170 cm³/mol. The SMILES string of the molecule is C=CCN(CC(=O)N(CC=C)[C@@H](CCC(=O)O)C(=O)O)C(=O)CCc1sc(C(=O)Oc2ccc(C(=N)N)cc2)cc1C.O=C(O)C(F)(F)F. The number of hydrogen-bond acceptors (Lipinski definition) is 9. The Morgan fingerprint density at radius 1 is 1.00 bits per heavy atom. The first-order valence-electron chi connectivity index (χ1n) is 14.1. The van der Waals surface area contributed by atoms with Crippen molar-refractivity contribution in [3.63, 3.8) is 0 Å². The summed E-state index contributed by atoms with van der Waals surface area (Å²) >= 11 is 1.18. The van der Waals surface area contributed by atoms with Gasteiger partial charge in [-0.1, -0.05) is 12.2 Å². The van der Waals surface area contributed by atoms with Crippen molar-refractivity contribution in [3.05, 3.63) is 76.5 Å². The zero-order chi connectivity index (χ0) is 37.5. The Hall–Kier alpha value is -5.52. The first-order chi connectivity index (χ1) is 22.8. The van der Waals surface area contributed by atoms with Crippen LogP contribution >= 0.6 is 11.3 Å². The molecule has 6 N–H and O–H groups in total. The molecule has 0 aliphatic rings. The molecule has 14 nitrogen and oxygen atoms in total. The first kappa shape index (κ1) is 41.5. The van der Waals surface area contributed by atoms with Crippen LogP contribution in [-0.4, -0.2) is 98.5 Å². The number of alkyl halides is 3. The second-order valence-corrected chi connectivity index (χ2v) is 11.2. The van der Waals surface area contributed by atoms with E-state index in [1.165, 1.54) is 40.5 Å². The molecule has 0 saturated carbocycles. The maximum absolute atomic E-state index is 13.1. The molecule has 18 heteroatoms. The van der Waals surface area contributed by atoms with E-state index in [0.717, 1.165) is 15.3 Å². The van der Waals surface area contributed by atoms with E-state index in [1.54, 1.807) is 25.1 Å². The topological polar surface area (TPSA) is 229 Å². The zero-order valence-corrected chi connectivity index (χ0v) is 27.0. The lowest BCUT2D eigenvalue weighted by molar-refractivity contribution is -0.192. The van der Waals surface area contributed by atoms with E-state index in [-0.39, 0.29) is 49.8 Å². The lowest BCUT2D eigenvalue weighted by atomic mass is 10.1. The number of halogens is 3. The summed E-state index contributed by atoms with van der Waals surface area (Å²) in [6, 6.07) is 6.46. The average molecular weight is 713 g/mol. The summed E-state index contributed by atoms with van der Waals surface area (Å²) in [5.74, 6) is -6.76. The molecule has 0 spiro atoms. The third-order valence-corrected chi connectivity index (χ3v) is 7.65. The molecule has 0 bridgehead atoms. The predicted octanol–water partition coefficient (Wildman–Crippen LogP) is 3.47. The van der Waals surface area contributed by atoms with Gasteiger partial charge in [0, 0.05) is 36.4 Å². The molecule has 2 amide bonds. The van der Waals surface area contributed by atoms with Gasteiger partial charge in [-0.2, -0.15) is 13.2 Å². The fraction of sp³-hybridized carbons (Fsp3) is 0.323. The van der Waals surface area contributed by atoms with Crippen LogP contribution in [0.1, 0.15) is 44.9 Å². The highest BCUT2D eigenvalue weighted by Crippen LogP contribution is 2.25. The largest absolute Gasteiger partial charge is 0.490 e. The summed E-state index contributed by atoms with van der Waals surface area (Å²) in [4.78, 5) is 73.9. The van der Waals surface area contributed by atoms with Crippen molar-refractivity contribution < 1.29 is 62.0 Å². The van der Waals surface area contributed by atoms with Crippen molar-refractivity contribution in [1.82, 2.24) is 9.80 Å². The third-order valence-electron chi connectivity index (χ3n) is 6.37. The lowest BCUT2D eigenvalue weighted by Gasteiger charge is -2.30. The number of carbonyl (C=O) groups is 6. The number of aliphatic carboxylic acids is 3. The van der Waals surface area contributed by atoms with Crippen LogP contribution < -0.4 is 10.5 Å². The molecular weight excluding hydrogens is 677 g/mol. The zero-order valence-electron chi connectivity index (χ0n) is 26.2. The maximum Gasteiger partial charge on any atom is 0.490 e. The summed E-state index contributed by atoms with van der Waals surface area (Å²) in [5, 5.41) is 33.1. The van der Waals surface area contributed by atoms with Gasteiger partial charge < -0.3 is 35.6 Å². The minimum Gasteiger partial charge on any atom is -0.481 e. The second-order valence-electron chi connectivity index (χ2n) is 10.0. The maximum atomic E-state index is 13.1.